The van der Waals surface area contributed by atoms with Crippen molar-refractivity contribution in [2.24, 2.45) is 0 Å². The largest absolute Gasteiger partial charge is 0.309 e. The number of fused-ring (bicyclic) bond motifs is 8. The van der Waals surface area contributed by atoms with Gasteiger partial charge in [-0.1, -0.05) is 108 Å². The van der Waals surface area contributed by atoms with Gasteiger partial charge in [0.1, 0.15) is 0 Å². The lowest BCUT2D eigenvalue weighted by molar-refractivity contribution is 0.671. The van der Waals surface area contributed by atoms with Crippen molar-refractivity contribution in [3.8, 4) is 27.9 Å². The Balaban J connectivity index is 1.18. The lowest BCUT2D eigenvalue weighted by atomic mass is 9.76. The molecule has 1 nitrogen and oxygen atoms in total. The maximum atomic E-state index is 2.49. The maximum Gasteiger partial charge on any atom is 0.0541 e. The summed E-state index contributed by atoms with van der Waals surface area (Å²) in [6.45, 7) is 6.57. The third kappa shape index (κ3) is 2.90. The van der Waals surface area contributed by atoms with Gasteiger partial charge in [0.25, 0.3) is 0 Å². The number of hydrogen-bond acceptors (Lipinski definition) is 0. The second-order valence-corrected chi connectivity index (χ2v) is 13.7. The first kappa shape index (κ1) is 24.6. The fourth-order valence-corrected chi connectivity index (χ4v) is 9.21. The smallest absolute Gasteiger partial charge is 0.0541 e. The van der Waals surface area contributed by atoms with Crippen LogP contribution in [0.5, 0.6) is 0 Å². The van der Waals surface area contributed by atoms with Crippen molar-refractivity contribution >= 4 is 21.8 Å². The van der Waals surface area contributed by atoms with Crippen LogP contribution in [0.15, 0.2) is 127 Å². The Kier molecular flexibility index (Phi) is 4.57. The quantitative estimate of drug-likeness (QED) is 0.201. The predicted octanol–water partition coefficient (Wildman–Crippen LogP) is 10.7. The van der Waals surface area contributed by atoms with Crippen LogP contribution < -0.4 is 0 Å². The van der Waals surface area contributed by atoms with Gasteiger partial charge >= 0.3 is 0 Å². The minimum atomic E-state index is 0.251. The molecule has 3 aliphatic rings. The molecule has 1 spiro atoms. The highest BCUT2D eigenvalue weighted by molar-refractivity contribution is 6.10. The SMILES string of the molecule is Cc1ccc(C23CC24c2ccccc2-c2cc(-c5ccccc5-n5c6ccc(C)cc6c6cc(C)ccc65)ccc2C34)cc1. The molecule has 1 aromatic heterocycles. The van der Waals surface area contributed by atoms with Crippen molar-refractivity contribution in [2.75, 3.05) is 0 Å². The van der Waals surface area contributed by atoms with Gasteiger partial charge in [-0.15, -0.1) is 0 Å². The fraction of sp³-hybridized carbons (Fsp3) is 0.163. The first-order valence-corrected chi connectivity index (χ1v) is 15.9. The second-order valence-electron chi connectivity index (χ2n) is 13.7. The highest BCUT2D eigenvalue weighted by Gasteiger charge is 2.92. The van der Waals surface area contributed by atoms with E-state index in [1.54, 1.807) is 5.56 Å². The lowest BCUT2D eigenvalue weighted by Crippen LogP contribution is -2.12. The zero-order valence-electron chi connectivity index (χ0n) is 25.4. The first-order valence-electron chi connectivity index (χ1n) is 15.9. The third-order valence-electron chi connectivity index (χ3n) is 11.3. The van der Waals surface area contributed by atoms with E-state index < -0.39 is 0 Å². The van der Waals surface area contributed by atoms with Crippen LogP contribution in [0.3, 0.4) is 0 Å². The van der Waals surface area contributed by atoms with Crippen molar-refractivity contribution < 1.29 is 0 Å². The molecule has 0 bridgehead atoms. The topological polar surface area (TPSA) is 4.93 Å². The van der Waals surface area contributed by atoms with Crippen molar-refractivity contribution in [3.63, 3.8) is 0 Å². The number of hydrogen-bond donors (Lipinski definition) is 0. The summed E-state index contributed by atoms with van der Waals surface area (Å²) in [7, 11) is 0. The Bertz CT molecular complexity index is 2290. The Morgan fingerprint density at radius 2 is 1.18 bits per heavy atom. The van der Waals surface area contributed by atoms with Crippen LogP contribution in [0, 0.1) is 20.8 Å². The van der Waals surface area contributed by atoms with Gasteiger partial charge in [0, 0.05) is 33.1 Å². The maximum absolute atomic E-state index is 2.49. The van der Waals surface area contributed by atoms with Gasteiger partial charge in [0.2, 0.25) is 0 Å². The average molecular weight is 564 g/mol. The van der Waals surface area contributed by atoms with Crippen molar-refractivity contribution in [2.45, 2.75) is 43.9 Å². The van der Waals surface area contributed by atoms with Gasteiger partial charge in [-0.2, -0.15) is 0 Å². The van der Waals surface area contributed by atoms with Gasteiger partial charge in [0.05, 0.1) is 16.7 Å². The molecular weight excluding hydrogens is 530 g/mol. The number of nitrogens with zero attached hydrogens (tertiary/aromatic N) is 1. The molecule has 1 heteroatoms. The monoisotopic (exact) mass is 563 g/mol. The molecule has 10 rings (SSSR count). The molecule has 0 radical (unpaired) electrons. The van der Waals surface area contributed by atoms with Crippen LogP contribution in [0.1, 0.15) is 45.7 Å². The molecule has 3 aliphatic carbocycles. The van der Waals surface area contributed by atoms with Crippen LogP contribution in [0.4, 0.5) is 0 Å². The summed E-state index contributed by atoms with van der Waals surface area (Å²) >= 11 is 0. The number of benzene rings is 6. The van der Waals surface area contributed by atoms with Gasteiger partial charge in [-0.05, 0) is 97.0 Å². The van der Waals surface area contributed by atoms with Gasteiger partial charge < -0.3 is 4.57 Å². The third-order valence-corrected chi connectivity index (χ3v) is 11.3. The molecule has 2 fully saturated rings. The Labute approximate surface area is 258 Å². The molecular formula is C43H33N. The van der Waals surface area contributed by atoms with Gasteiger partial charge in [-0.25, -0.2) is 0 Å². The van der Waals surface area contributed by atoms with Crippen molar-refractivity contribution in [1.29, 1.82) is 0 Å². The lowest BCUT2D eigenvalue weighted by Gasteiger charge is -2.27. The van der Waals surface area contributed by atoms with E-state index in [-0.39, 0.29) is 10.8 Å². The molecule has 44 heavy (non-hydrogen) atoms. The first-order chi connectivity index (χ1) is 21.5. The molecule has 3 atom stereocenters. The Morgan fingerprint density at radius 3 is 1.91 bits per heavy atom. The molecule has 3 unspecified atom stereocenters. The number of aromatic nitrogens is 1. The molecule has 7 aromatic rings. The summed E-state index contributed by atoms with van der Waals surface area (Å²) in [6.07, 6.45) is 1.27. The van der Waals surface area contributed by atoms with Crippen molar-refractivity contribution in [1.82, 2.24) is 4.57 Å². The van der Waals surface area contributed by atoms with E-state index in [1.807, 2.05) is 0 Å². The van der Waals surface area contributed by atoms with E-state index in [4.69, 9.17) is 0 Å². The molecule has 0 amide bonds. The fourth-order valence-electron chi connectivity index (χ4n) is 9.21. The highest BCUT2D eigenvalue weighted by atomic mass is 15.0. The minimum absolute atomic E-state index is 0.251. The Morgan fingerprint density at radius 1 is 0.545 bits per heavy atom. The summed E-state index contributed by atoms with van der Waals surface area (Å²) in [5, 5.41) is 2.63. The van der Waals surface area contributed by atoms with Crippen LogP contribution in [0.2, 0.25) is 0 Å². The summed E-state index contributed by atoms with van der Waals surface area (Å²) in [5.41, 5.74) is 18.1. The Hall–Kier alpha value is -4.88. The second kappa shape index (κ2) is 8.18. The molecule has 6 aromatic carbocycles. The van der Waals surface area contributed by atoms with Crippen LogP contribution in [-0.4, -0.2) is 4.57 Å². The van der Waals surface area contributed by atoms with E-state index in [0.29, 0.717) is 5.92 Å². The average Bonchev–Trinajstić information content (AvgIpc) is 3.86. The van der Waals surface area contributed by atoms with Crippen LogP contribution in [-0.2, 0) is 10.8 Å². The molecule has 210 valence electrons. The van der Waals surface area contributed by atoms with Gasteiger partial charge in [0.15, 0.2) is 0 Å². The summed E-state index contributed by atoms with van der Waals surface area (Å²) in [5.74, 6) is 0.565. The number of rotatable bonds is 3. The molecule has 1 heterocycles. The standard InChI is InChI=1S/C43H33N/c1-26-12-17-30(18-13-26)42-25-43(42)37-10-6-4-9-32(37)34-24-29(16-19-33(34)41(42)43)31-8-5-7-11-38(31)44-39-20-14-27(2)22-35(39)36-23-28(3)15-21-40(36)44/h4-24,41H,25H2,1-3H3. The van der Waals surface area contributed by atoms with E-state index in [2.05, 4.69) is 153 Å². The van der Waals surface area contributed by atoms with E-state index >= 15 is 0 Å². The molecule has 0 saturated heterocycles. The molecule has 0 aliphatic heterocycles. The predicted molar refractivity (Wildman–Crippen MR) is 183 cm³/mol. The minimum Gasteiger partial charge on any atom is -0.309 e. The van der Waals surface area contributed by atoms with Crippen molar-refractivity contribution in [3.05, 3.63) is 161 Å². The summed E-state index contributed by atoms with van der Waals surface area (Å²) < 4.78 is 2.48. The van der Waals surface area contributed by atoms with Crippen LogP contribution >= 0.6 is 0 Å². The normalized spacial score (nSPS) is 22.3. The summed E-state index contributed by atoms with van der Waals surface area (Å²) in [6, 6.07) is 48.7. The number of aryl methyl sites for hydroxylation is 3. The van der Waals surface area contributed by atoms with Crippen LogP contribution in [0.25, 0.3) is 49.7 Å². The molecule has 2 saturated carbocycles. The van der Waals surface area contributed by atoms with E-state index in [9.17, 15) is 0 Å². The van der Waals surface area contributed by atoms with E-state index in [0.717, 1.165) is 0 Å². The zero-order chi connectivity index (χ0) is 29.4. The zero-order valence-corrected chi connectivity index (χ0v) is 25.4. The van der Waals surface area contributed by atoms with E-state index in [1.165, 1.54) is 84.0 Å². The summed E-state index contributed by atoms with van der Waals surface area (Å²) in [4.78, 5) is 0. The molecule has 0 N–H and O–H groups in total. The number of para-hydroxylation sites is 1. The highest BCUT2D eigenvalue weighted by Crippen LogP contribution is 2.95. The van der Waals surface area contributed by atoms with Gasteiger partial charge in [-0.3, -0.25) is 0 Å².